The van der Waals surface area contributed by atoms with Crippen molar-refractivity contribution >= 4 is 31.9 Å². The van der Waals surface area contributed by atoms with Gasteiger partial charge in [0.1, 0.15) is 5.60 Å². The fraction of sp³-hybridized carbons (Fsp3) is 0.600. The molecule has 0 bridgehead atoms. The molecule has 0 heterocycles. The third kappa shape index (κ3) is 4.67. The topological polar surface area (TPSA) is 9.23 Å². The van der Waals surface area contributed by atoms with E-state index in [0.29, 0.717) is 0 Å². The molecule has 0 spiro atoms. The zero-order chi connectivity index (χ0) is 13.4. The second-order valence-corrected chi connectivity index (χ2v) is 6.17. The Bertz CT molecular complexity index is 354. The first-order valence-corrected chi connectivity index (χ1v) is 8.50. The number of rotatable bonds is 8. The third-order valence-corrected chi connectivity index (χ3v) is 4.88. The summed E-state index contributed by atoms with van der Waals surface area (Å²) in [6.07, 6.45) is 4.95. The molecule has 1 aromatic rings. The normalized spacial score (nSPS) is 14.4. The minimum atomic E-state index is -0.258. The summed E-state index contributed by atoms with van der Waals surface area (Å²) >= 11 is 7.19. The summed E-state index contributed by atoms with van der Waals surface area (Å²) in [4.78, 5) is 0. The van der Waals surface area contributed by atoms with Crippen LogP contribution in [0, 0.1) is 0 Å². The van der Waals surface area contributed by atoms with Crippen molar-refractivity contribution in [2.24, 2.45) is 0 Å². The Morgan fingerprint density at radius 2 is 1.89 bits per heavy atom. The van der Waals surface area contributed by atoms with Crippen LogP contribution >= 0.6 is 31.9 Å². The number of ether oxygens (including phenoxy) is 1. The minimum Gasteiger partial charge on any atom is -0.370 e. The zero-order valence-electron chi connectivity index (χ0n) is 11.2. The highest BCUT2D eigenvalue weighted by Crippen LogP contribution is 2.33. The van der Waals surface area contributed by atoms with E-state index < -0.39 is 0 Å². The molecule has 1 unspecified atom stereocenters. The van der Waals surface area contributed by atoms with Gasteiger partial charge in [-0.2, -0.15) is 0 Å². The van der Waals surface area contributed by atoms with Crippen molar-refractivity contribution in [3.05, 3.63) is 34.3 Å². The van der Waals surface area contributed by atoms with Gasteiger partial charge in [0.05, 0.1) is 0 Å². The van der Waals surface area contributed by atoms with Crippen LogP contribution in [0.5, 0.6) is 0 Å². The first-order valence-electron chi connectivity index (χ1n) is 6.59. The van der Waals surface area contributed by atoms with E-state index in [1.54, 1.807) is 0 Å². The fourth-order valence-corrected chi connectivity index (χ4v) is 3.07. The van der Waals surface area contributed by atoms with E-state index in [0.717, 1.165) is 22.8 Å². The van der Waals surface area contributed by atoms with Gasteiger partial charge in [-0.05, 0) is 25.0 Å². The van der Waals surface area contributed by atoms with Crippen molar-refractivity contribution in [3.63, 3.8) is 0 Å². The average Bonchev–Trinajstić information content (AvgIpc) is 2.39. The van der Waals surface area contributed by atoms with Gasteiger partial charge in [0.25, 0.3) is 0 Å². The molecule has 1 rings (SSSR count). The van der Waals surface area contributed by atoms with Gasteiger partial charge in [-0.25, -0.2) is 0 Å². The molecule has 0 aliphatic carbocycles. The van der Waals surface area contributed by atoms with Gasteiger partial charge < -0.3 is 4.74 Å². The molecule has 0 aliphatic heterocycles. The summed E-state index contributed by atoms with van der Waals surface area (Å²) < 4.78 is 7.23. The van der Waals surface area contributed by atoms with Crippen LogP contribution in [0.2, 0.25) is 0 Å². The van der Waals surface area contributed by atoms with Gasteiger partial charge in [0.15, 0.2) is 0 Å². The van der Waals surface area contributed by atoms with Crippen LogP contribution in [-0.4, -0.2) is 11.9 Å². The Balaban J connectivity index is 2.60. The molecule has 0 saturated heterocycles. The smallest absolute Gasteiger partial charge is 0.101 e. The Hall–Kier alpha value is 0.140. The van der Waals surface area contributed by atoms with Crippen LogP contribution in [0.25, 0.3) is 0 Å². The lowest BCUT2D eigenvalue weighted by atomic mass is 9.98. The van der Waals surface area contributed by atoms with Gasteiger partial charge in [-0.15, -0.1) is 0 Å². The number of halogens is 2. The van der Waals surface area contributed by atoms with E-state index >= 15 is 0 Å². The quantitative estimate of drug-likeness (QED) is 0.419. The highest BCUT2D eigenvalue weighted by Gasteiger charge is 2.27. The van der Waals surface area contributed by atoms with Crippen LogP contribution in [0.1, 0.15) is 45.1 Å². The number of hydrogen-bond acceptors (Lipinski definition) is 1. The first kappa shape index (κ1) is 16.2. The van der Waals surface area contributed by atoms with Crippen molar-refractivity contribution in [1.82, 2.24) is 0 Å². The fourth-order valence-electron chi connectivity index (χ4n) is 1.90. The molecule has 0 fully saturated rings. The van der Waals surface area contributed by atoms with E-state index in [4.69, 9.17) is 4.74 Å². The molecule has 0 amide bonds. The summed E-state index contributed by atoms with van der Waals surface area (Å²) in [5, 5.41) is 0.802. The SMILES string of the molecule is CCCCCCOC(C)(CBr)c1ccccc1Br. The summed E-state index contributed by atoms with van der Waals surface area (Å²) in [5.74, 6) is 0. The van der Waals surface area contributed by atoms with Crippen LogP contribution in [-0.2, 0) is 10.3 Å². The van der Waals surface area contributed by atoms with E-state index in [1.807, 2.05) is 6.07 Å². The largest absolute Gasteiger partial charge is 0.370 e. The highest BCUT2D eigenvalue weighted by atomic mass is 79.9. The van der Waals surface area contributed by atoms with Gasteiger partial charge in [0.2, 0.25) is 0 Å². The summed E-state index contributed by atoms with van der Waals surface area (Å²) in [6.45, 7) is 5.19. The second kappa shape index (κ2) is 8.34. The first-order chi connectivity index (χ1) is 8.64. The van der Waals surface area contributed by atoms with Crippen LogP contribution < -0.4 is 0 Å². The Morgan fingerprint density at radius 3 is 2.50 bits per heavy atom. The van der Waals surface area contributed by atoms with E-state index in [1.165, 1.54) is 24.8 Å². The Kier molecular flexibility index (Phi) is 7.50. The second-order valence-electron chi connectivity index (χ2n) is 4.75. The van der Waals surface area contributed by atoms with E-state index in [-0.39, 0.29) is 5.60 Å². The molecule has 0 saturated carbocycles. The number of alkyl halides is 1. The van der Waals surface area contributed by atoms with Gasteiger partial charge in [-0.3, -0.25) is 0 Å². The number of unbranched alkanes of at least 4 members (excludes halogenated alkanes) is 3. The molecule has 0 aliphatic rings. The minimum absolute atomic E-state index is 0.258. The Labute approximate surface area is 128 Å². The molecular formula is C15H22Br2O. The Morgan fingerprint density at radius 1 is 1.17 bits per heavy atom. The van der Waals surface area contributed by atoms with Crippen molar-refractivity contribution < 1.29 is 4.74 Å². The molecule has 1 nitrogen and oxygen atoms in total. The van der Waals surface area contributed by atoms with Crippen molar-refractivity contribution in [1.29, 1.82) is 0 Å². The van der Waals surface area contributed by atoms with Crippen LogP contribution in [0.4, 0.5) is 0 Å². The molecular weight excluding hydrogens is 356 g/mol. The molecule has 102 valence electrons. The predicted octanol–water partition coefficient (Wildman–Crippen LogP) is 5.66. The van der Waals surface area contributed by atoms with Gasteiger partial charge in [-0.1, -0.05) is 76.2 Å². The maximum absolute atomic E-state index is 6.12. The van der Waals surface area contributed by atoms with Gasteiger partial charge in [0, 0.05) is 16.4 Å². The maximum atomic E-state index is 6.12. The van der Waals surface area contributed by atoms with Gasteiger partial charge >= 0.3 is 0 Å². The molecule has 0 N–H and O–H groups in total. The molecule has 1 aromatic carbocycles. The molecule has 1 atom stereocenters. The molecule has 0 radical (unpaired) electrons. The number of benzene rings is 1. The third-order valence-electron chi connectivity index (χ3n) is 3.12. The summed E-state index contributed by atoms with van der Waals surface area (Å²) in [5.41, 5.74) is 0.948. The molecule has 3 heteroatoms. The van der Waals surface area contributed by atoms with Crippen molar-refractivity contribution in [2.45, 2.75) is 45.1 Å². The monoisotopic (exact) mass is 376 g/mol. The standard InChI is InChI=1S/C15H22Br2O/c1-3-4-5-8-11-18-15(2,12-16)13-9-6-7-10-14(13)17/h6-7,9-10H,3-5,8,11-12H2,1-2H3. The van der Waals surface area contributed by atoms with E-state index in [9.17, 15) is 0 Å². The highest BCUT2D eigenvalue weighted by molar-refractivity contribution is 9.10. The summed E-state index contributed by atoms with van der Waals surface area (Å²) in [7, 11) is 0. The van der Waals surface area contributed by atoms with E-state index in [2.05, 4.69) is 63.9 Å². The summed E-state index contributed by atoms with van der Waals surface area (Å²) in [6, 6.07) is 8.28. The number of hydrogen-bond donors (Lipinski definition) is 0. The van der Waals surface area contributed by atoms with Crippen LogP contribution in [0.15, 0.2) is 28.7 Å². The predicted molar refractivity (Wildman–Crippen MR) is 85.4 cm³/mol. The lowest BCUT2D eigenvalue weighted by Gasteiger charge is -2.29. The molecule has 0 aromatic heterocycles. The van der Waals surface area contributed by atoms with Crippen molar-refractivity contribution in [3.8, 4) is 0 Å². The molecule has 18 heavy (non-hydrogen) atoms. The zero-order valence-corrected chi connectivity index (χ0v) is 14.4. The average molecular weight is 378 g/mol. The van der Waals surface area contributed by atoms with Crippen LogP contribution in [0.3, 0.4) is 0 Å². The lowest BCUT2D eigenvalue weighted by molar-refractivity contribution is -0.0190. The lowest BCUT2D eigenvalue weighted by Crippen LogP contribution is -2.28. The maximum Gasteiger partial charge on any atom is 0.101 e. The van der Waals surface area contributed by atoms with Crippen molar-refractivity contribution in [2.75, 3.05) is 11.9 Å².